The van der Waals surface area contributed by atoms with Crippen LogP contribution in [0.4, 0.5) is 74.6 Å². The van der Waals surface area contributed by atoms with Crippen molar-refractivity contribution in [2.24, 2.45) is 0 Å². The molecule has 0 aromatic heterocycles. The van der Waals surface area contributed by atoms with E-state index in [1.165, 1.54) is 0 Å². The summed E-state index contributed by atoms with van der Waals surface area (Å²) in [5.74, 6) is -54.1. The second-order valence-electron chi connectivity index (χ2n) is 6.03. The third-order valence-electron chi connectivity index (χ3n) is 3.80. The average Bonchev–Trinajstić information content (AvgIpc) is 2.61. The summed E-state index contributed by atoms with van der Waals surface area (Å²) in [5.41, 5.74) is 0. The molecule has 1 N–H and O–H groups in total. The fourth-order valence-electron chi connectivity index (χ4n) is 1.90. The molecule has 0 heterocycles. The number of phenols is 1. The summed E-state index contributed by atoms with van der Waals surface area (Å²) in [7, 11) is 0. The third-order valence-corrected chi connectivity index (χ3v) is 3.80. The van der Waals surface area contributed by atoms with Crippen molar-refractivity contribution >= 4 is 0 Å². The van der Waals surface area contributed by atoms with Gasteiger partial charge in [0.05, 0.1) is 0 Å². The molecule has 33 heavy (non-hydrogen) atoms. The molecule has 1 aromatic rings. The van der Waals surface area contributed by atoms with Gasteiger partial charge in [-0.05, 0) is 12.1 Å². The van der Waals surface area contributed by atoms with Gasteiger partial charge >= 0.3 is 47.8 Å². The molecule has 1 rings (SSSR count). The van der Waals surface area contributed by atoms with Crippen LogP contribution in [0.25, 0.3) is 0 Å². The van der Waals surface area contributed by atoms with E-state index in [0.29, 0.717) is 12.1 Å². The van der Waals surface area contributed by atoms with Gasteiger partial charge in [-0.25, -0.2) is 0 Å². The SMILES string of the molecule is Oc1ccccc1OC(F)(F)C(F)(F)C(F)(F)C(F)(F)C(F)(F)C(F)(F)C(F)(F)C(F)(F)F. The summed E-state index contributed by atoms with van der Waals surface area (Å²) < 4.78 is 225. The lowest BCUT2D eigenvalue weighted by atomic mass is 9.90. The van der Waals surface area contributed by atoms with E-state index in [1.54, 1.807) is 0 Å². The Bertz CT molecular complexity index is 858. The van der Waals surface area contributed by atoms with Crippen LogP contribution in [-0.2, 0) is 0 Å². The summed E-state index contributed by atoms with van der Waals surface area (Å²) >= 11 is 0. The van der Waals surface area contributed by atoms with E-state index in [1.807, 2.05) is 0 Å². The van der Waals surface area contributed by atoms with Crippen LogP contribution in [0.5, 0.6) is 11.5 Å². The van der Waals surface area contributed by atoms with Crippen LogP contribution >= 0.6 is 0 Å². The van der Waals surface area contributed by atoms with E-state index < -0.39 is 59.3 Å². The molecule has 0 radical (unpaired) electrons. The number of aromatic hydroxyl groups is 1. The van der Waals surface area contributed by atoms with Crippen LogP contribution in [0, 0.1) is 0 Å². The lowest BCUT2D eigenvalue weighted by molar-refractivity contribution is -0.471. The van der Waals surface area contributed by atoms with Crippen LogP contribution in [0.2, 0.25) is 0 Å². The highest BCUT2D eigenvalue weighted by Crippen LogP contribution is 2.64. The van der Waals surface area contributed by atoms with E-state index in [4.69, 9.17) is 5.11 Å². The van der Waals surface area contributed by atoms with Gasteiger partial charge in [0.1, 0.15) is 0 Å². The van der Waals surface area contributed by atoms with Crippen LogP contribution in [-0.4, -0.2) is 52.9 Å². The van der Waals surface area contributed by atoms with Gasteiger partial charge < -0.3 is 9.84 Å². The molecule has 0 aliphatic heterocycles. The Kier molecular flexibility index (Phi) is 6.58. The number of halogens is 17. The van der Waals surface area contributed by atoms with Gasteiger partial charge in [-0.15, -0.1) is 0 Å². The van der Waals surface area contributed by atoms with Gasteiger partial charge in [-0.3, -0.25) is 0 Å². The first-order valence-electron chi connectivity index (χ1n) is 7.42. The summed E-state index contributed by atoms with van der Waals surface area (Å²) in [5, 5.41) is 9.06. The Balaban J connectivity index is 3.61. The minimum absolute atomic E-state index is 0.113. The fourth-order valence-corrected chi connectivity index (χ4v) is 1.90. The third kappa shape index (κ3) is 3.85. The molecule has 0 saturated heterocycles. The van der Waals surface area contributed by atoms with Gasteiger partial charge in [0.25, 0.3) is 0 Å². The molecule has 1 aromatic carbocycles. The highest BCUT2D eigenvalue weighted by Gasteiger charge is 2.95. The number of para-hydroxylation sites is 2. The van der Waals surface area contributed by atoms with Crippen molar-refractivity contribution in [3.8, 4) is 11.5 Å². The van der Waals surface area contributed by atoms with E-state index in [9.17, 15) is 74.6 Å². The number of phenolic OH excluding ortho intramolecular Hbond substituents is 1. The molecule has 0 fully saturated rings. The molecule has 0 aliphatic carbocycles. The summed E-state index contributed by atoms with van der Waals surface area (Å²) in [6.07, 6.45) is -14.9. The topological polar surface area (TPSA) is 29.5 Å². The Morgan fingerprint density at radius 2 is 0.818 bits per heavy atom. The molecule has 0 saturated carbocycles. The van der Waals surface area contributed by atoms with E-state index >= 15 is 0 Å². The molecule has 0 bridgehead atoms. The number of benzene rings is 1. The number of hydrogen-bond acceptors (Lipinski definition) is 2. The monoisotopic (exact) mass is 528 g/mol. The molecule has 19 heteroatoms. The molecular formula is C14H5F17O2. The molecule has 0 atom stereocenters. The lowest BCUT2D eigenvalue weighted by Gasteiger charge is -2.42. The van der Waals surface area contributed by atoms with Crippen molar-refractivity contribution < 1.29 is 84.5 Å². The minimum Gasteiger partial charge on any atom is -0.504 e. The molecule has 0 amide bonds. The zero-order valence-electron chi connectivity index (χ0n) is 14.6. The second-order valence-corrected chi connectivity index (χ2v) is 6.03. The zero-order valence-corrected chi connectivity index (χ0v) is 14.6. The van der Waals surface area contributed by atoms with Gasteiger partial charge in [-0.1, -0.05) is 12.1 Å². The lowest BCUT2D eigenvalue weighted by Crippen LogP contribution is -2.74. The Hall–Kier alpha value is -2.37. The van der Waals surface area contributed by atoms with Crippen LogP contribution in [0.3, 0.4) is 0 Å². The van der Waals surface area contributed by atoms with Gasteiger partial charge in [0.15, 0.2) is 11.5 Å². The molecule has 2 nitrogen and oxygen atoms in total. The van der Waals surface area contributed by atoms with E-state index in [-0.39, 0.29) is 6.07 Å². The Labute approximate surface area is 169 Å². The zero-order chi connectivity index (χ0) is 26.7. The predicted molar refractivity (Wildman–Crippen MR) is 69.4 cm³/mol. The van der Waals surface area contributed by atoms with Crippen LogP contribution in [0.15, 0.2) is 24.3 Å². The quantitative estimate of drug-likeness (QED) is 0.379. The van der Waals surface area contributed by atoms with E-state index in [0.717, 1.165) is 6.07 Å². The van der Waals surface area contributed by atoms with E-state index in [2.05, 4.69) is 4.74 Å². The Morgan fingerprint density at radius 3 is 1.18 bits per heavy atom. The van der Waals surface area contributed by atoms with Crippen molar-refractivity contribution in [3.63, 3.8) is 0 Å². The smallest absolute Gasteiger partial charge is 0.471 e. The second kappa shape index (κ2) is 7.57. The number of alkyl halides is 17. The number of hydrogen-bond donors (Lipinski definition) is 1. The first-order valence-corrected chi connectivity index (χ1v) is 7.42. The summed E-state index contributed by atoms with van der Waals surface area (Å²) in [6, 6.07) is 1.85. The average molecular weight is 528 g/mol. The maximum absolute atomic E-state index is 13.6. The summed E-state index contributed by atoms with van der Waals surface area (Å²) in [4.78, 5) is 0. The molecule has 0 unspecified atom stereocenters. The molecular weight excluding hydrogens is 523 g/mol. The van der Waals surface area contributed by atoms with Crippen molar-refractivity contribution in [1.29, 1.82) is 0 Å². The van der Waals surface area contributed by atoms with Gasteiger partial charge in [0.2, 0.25) is 0 Å². The number of ether oxygens (including phenoxy) is 1. The molecule has 0 spiro atoms. The van der Waals surface area contributed by atoms with Crippen molar-refractivity contribution in [3.05, 3.63) is 24.3 Å². The molecule has 0 aliphatic rings. The standard InChI is InChI=1S/C14H5F17O2/c15-7(16,9(19,20)11(23,24)13(27,28)29)8(17,18)10(21,22)12(25,26)14(30,31)33-6-4-2-1-3-5(6)32/h1-4,32H. The minimum atomic E-state index is -8.71. The largest absolute Gasteiger partial charge is 0.504 e. The van der Waals surface area contributed by atoms with Gasteiger partial charge in [-0.2, -0.15) is 74.6 Å². The highest BCUT2D eigenvalue weighted by atomic mass is 19.4. The van der Waals surface area contributed by atoms with Crippen molar-refractivity contribution in [2.45, 2.75) is 47.8 Å². The summed E-state index contributed by atoms with van der Waals surface area (Å²) in [6.45, 7) is 0. The normalized spacial score (nSPS) is 15.5. The van der Waals surface area contributed by atoms with Gasteiger partial charge in [0, 0.05) is 0 Å². The first-order chi connectivity index (χ1) is 14.2. The van der Waals surface area contributed by atoms with Crippen molar-refractivity contribution in [1.82, 2.24) is 0 Å². The predicted octanol–water partition coefficient (Wildman–Crippen LogP) is 6.74. The Morgan fingerprint density at radius 1 is 0.485 bits per heavy atom. The van der Waals surface area contributed by atoms with Crippen LogP contribution in [0.1, 0.15) is 0 Å². The maximum atomic E-state index is 13.6. The maximum Gasteiger partial charge on any atom is 0.471 e. The molecule has 192 valence electrons. The van der Waals surface area contributed by atoms with Crippen LogP contribution < -0.4 is 4.74 Å². The first kappa shape index (κ1) is 28.7. The van der Waals surface area contributed by atoms with Crippen molar-refractivity contribution in [2.75, 3.05) is 0 Å². The number of rotatable bonds is 8. The highest BCUT2D eigenvalue weighted by molar-refractivity contribution is 5.38. The fraction of sp³-hybridized carbons (Fsp3) is 0.571.